The molecule has 0 bridgehead atoms. The van der Waals surface area contributed by atoms with E-state index in [4.69, 9.17) is 28.9 Å². The first-order chi connectivity index (χ1) is 6.59. The van der Waals surface area contributed by atoms with Gasteiger partial charge < -0.3 is 5.73 Å². The van der Waals surface area contributed by atoms with Crippen LogP contribution in [-0.4, -0.2) is 11.8 Å². The molecule has 1 aromatic rings. The minimum absolute atomic E-state index is 0.239. The summed E-state index contributed by atoms with van der Waals surface area (Å²) in [5.74, 6) is 1.89. The van der Waals surface area contributed by atoms with Gasteiger partial charge in [-0.2, -0.15) is 11.8 Å². The van der Waals surface area contributed by atoms with Crippen molar-refractivity contribution in [3.63, 3.8) is 0 Å². The second-order valence-corrected chi connectivity index (χ2v) is 5.09. The Balaban J connectivity index is 2.47. The minimum atomic E-state index is 0.239. The van der Waals surface area contributed by atoms with Gasteiger partial charge in [0.2, 0.25) is 0 Å². The molecule has 0 spiro atoms. The van der Waals surface area contributed by atoms with Crippen LogP contribution in [0.15, 0.2) is 18.2 Å². The summed E-state index contributed by atoms with van der Waals surface area (Å²) in [5.41, 5.74) is 6.83. The highest BCUT2D eigenvalue weighted by Crippen LogP contribution is 2.24. The van der Waals surface area contributed by atoms with Crippen molar-refractivity contribution in [3.8, 4) is 0 Å². The predicted octanol–water partition coefficient (Wildman–Crippen LogP) is 3.57. The van der Waals surface area contributed by atoms with E-state index >= 15 is 0 Å². The van der Waals surface area contributed by atoms with Crippen LogP contribution in [0, 0.1) is 0 Å². The van der Waals surface area contributed by atoms with Crippen molar-refractivity contribution in [2.24, 2.45) is 5.73 Å². The molecule has 0 fully saturated rings. The Kier molecular flexibility index (Phi) is 5.10. The molecule has 1 nitrogen and oxygen atoms in total. The lowest BCUT2D eigenvalue weighted by atomic mass is 10.2. The molecule has 2 N–H and O–H groups in total. The summed E-state index contributed by atoms with van der Waals surface area (Å²) >= 11 is 13.5. The van der Waals surface area contributed by atoms with E-state index in [-0.39, 0.29) is 6.04 Å². The summed E-state index contributed by atoms with van der Waals surface area (Å²) < 4.78 is 0. The zero-order valence-electron chi connectivity index (χ0n) is 7.97. The Morgan fingerprint density at radius 3 is 2.64 bits per heavy atom. The van der Waals surface area contributed by atoms with E-state index in [9.17, 15) is 0 Å². The zero-order chi connectivity index (χ0) is 10.6. The normalized spacial score (nSPS) is 12.9. The molecule has 0 aliphatic rings. The molecule has 0 saturated heterocycles. The largest absolute Gasteiger partial charge is 0.327 e. The van der Waals surface area contributed by atoms with Crippen molar-refractivity contribution in [3.05, 3.63) is 33.8 Å². The van der Waals surface area contributed by atoms with Crippen LogP contribution < -0.4 is 5.73 Å². The fourth-order valence-electron chi connectivity index (χ4n) is 0.992. The topological polar surface area (TPSA) is 26.0 Å². The number of benzene rings is 1. The Morgan fingerprint density at radius 2 is 2.07 bits per heavy atom. The quantitative estimate of drug-likeness (QED) is 0.883. The van der Waals surface area contributed by atoms with Gasteiger partial charge in [0.25, 0.3) is 0 Å². The average Bonchev–Trinajstić information content (AvgIpc) is 2.10. The van der Waals surface area contributed by atoms with Crippen molar-refractivity contribution in [1.29, 1.82) is 0 Å². The summed E-state index contributed by atoms with van der Waals surface area (Å²) in [4.78, 5) is 0. The average molecular weight is 250 g/mol. The third kappa shape index (κ3) is 4.09. The van der Waals surface area contributed by atoms with E-state index in [2.05, 4.69) is 0 Å². The van der Waals surface area contributed by atoms with Crippen LogP contribution in [0.4, 0.5) is 0 Å². The van der Waals surface area contributed by atoms with Gasteiger partial charge in [0.15, 0.2) is 0 Å². The molecular formula is C10H13Cl2NS. The fraction of sp³-hybridized carbons (Fsp3) is 0.400. The van der Waals surface area contributed by atoms with E-state index < -0.39 is 0 Å². The molecule has 14 heavy (non-hydrogen) atoms. The van der Waals surface area contributed by atoms with Crippen LogP contribution in [0.5, 0.6) is 0 Å². The molecule has 1 atom stereocenters. The van der Waals surface area contributed by atoms with Gasteiger partial charge in [0, 0.05) is 17.5 Å². The lowest BCUT2D eigenvalue weighted by Crippen LogP contribution is -2.17. The maximum atomic E-state index is 5.89. The lowest BCUT2D eigenvalue weighted by molar-refractivity contribution is 0.847. The van der Waals surface area contributed by atoms with Crippen molar-refractivity contribution in [2.45, 2.75) is 18.7 Å². The number of rotatable bonds is 4. The van der Waals surface area contributed by atoms with Crippen LogP contribution in [0.3, 0.4) is 0 Å². The molecule has 0 aromatic heterocycles. The highest BCUT2D eigenvalue weighted by atomic mass is 35.5. The molecule has 0 aliphatic carbocycles. The summed E-state index contributed by atoms with van der Waals surface area (Å²) in [7, 11) is 0. The van der Waals surface area contributed by atoms with Crippen LogP contribution in [0.2, 0.25) is 10.0 Å². The highest BCUT2D eigenvalue weighted by Gasteiger charge is 2.00. The van der Waals surface area contributed by atoms with E-state index in [1.54, 1.807) is 11.8 Å². The maximum Gasteiger partial charge on any atom is 0.0595 e. The van der Waals surface area contributed by atoms with E-state index in [1.807, 2.05) is 25.1 Å². The summed E-state index contributed by atoms with van der Waals surface area (Å²) in [6.07, 6.45) is 0. The molecule has 0 saturated carbocycles. The van der Waals surface area contributed by atoms with Gasteiger partial charge in [-0.25, -0.2) is 0 Å². The van der Waals surface area contributed by atoms with Gasteiger partial charge in [-0.3, -0.25) is 0 Å². The van der Waals surface area contributed by atoms with Crippen LogP contribution >= 0.6 is 35.0 Å². The van der Waals surface area contributed by atoms with E-state index in [0.29, 0.717) is 10.0 Å². The Hall–Kier alpha value is 0.110. The minimum Gasteiger partial charge on any atom is -0.327 e. The Bertz CT molecular complexity index is 302. The SMILES string of the molecule is CC(N)CSCc1ccc(Cl)c(Cl)c1. The lowest BCUT2D eigenvalue weighted by Gasteiger charge is -2.05. The van der Waals surface area contributed by atoms with Gasteiger partial charge in [0.1, 0.15) is 0 Å². The first kappa shape index (κ1) is 12.2. The van der Waals surface area contributed by atoms with Crippen molar-refractivity contribution >= 4 is 35.0 Å². The molecule has 1 unspecified atom stereocenters. The fourth-order valence-corrected chi connectivity index (χ4v) is 2.22. The summed E-state index contributed by atoms with van der Waals surface area (Å²) in [6.45, 7) is 2.00. The second kappa shape index (κ2) is 5.86. The van der Waals surface area contributed by atoms with Gasteiger partial charge >= 0.3 is 0 Å². The van der Waals surface area contributed by atoms with Crippen molar-refractivity contribution < 1.29 is 0 Å². The first-order valence-electron chi connectivity index (χ1n) is 4.37. The van der Waals surface area contributed by atoms with Gasteiger partial charge in [-0.15, -0.1) is 0 Å². The molecule has 0 heterocycles. The maximum absolute atomic E-state index is 5.89. The number of nitrogens with two attached hydrogens (primary N) is 1. The molecule has 78 valence electrons. The van der Waals surface area contributed by atoms with Crippen LogP contribution in [0.1, 0.15) is 12.5 Å². The Morgan fingerprint density at radius 1 is 1.36 bits per heavy atom. The number of hydrogen-bond donors (Lipinski definition) is 1. The molecule has 4 heteroatoms. The van der Waals surface area contributed by atoms with Crippen molar-refractivity contribution in [1.82, 2.24) is 0 Å². The highest BCUT2D eigenvalue weighted by molar-refractivity contribution is 7.98. The molecule has 0 radical (unpaired) electrons. The summed E-state index contributed by atoms with van der Waals surface area (Å²) in [5, 5.41) is 1.22. The Labute approximate surface area is 99.0 Å². The first-order valence-corrected chi connectivity index (χ1v) is 6.28. The molecular weight excluding hydrogens is 237 g/mol. The predicted molar refractivity (Wildman–Crippen MR) is 66.3 cm³/mol. The van der Waals surface area contributed by atoms with Crippen LogP contribution in [-0.2, 0) is 5.75 Å². The van der Waals surface area contributed by atoms with Crippen molar-refractivity contribution in [2.75, 3.05) is 5.75 Å². The van der Waals surface area contributed by atoms with Crippen LogP contribution in [0.25, 0.3) is 0 Å². The monoisotopic (exact) mass is 249 g/mol. The molecule has 1 rings (SSSR count). The summed E-state index contributed by atoms with van der Waals surface area (Å²) in [6, 6.07) is 5.95. The number of halogens is 2. The zero-order valence-corrected chi connectivity index (χ0v) is 10.3. The number of hydrogen-bond acceptors (Lipinski definition) is 2. The third-order valence-electron chi connectivity index (χ3n) is 1.63. The van der Waals surface area contributed by atoms with Gasteiger partial charge in [-0.05, 0) is 24.6 Å². The second-order valence-electron chi connectivity index (χ2n) is 3.24. The third-order valence-corrected chi connectivity index (χ3v) is 3.67. The molecule has 0 aliphatic heterocycles. The smallest absolute Gasteiger partial charge is 0.0595 e. The van der Waals surface area contributed by atoms with E-state index in [0.717, 1.165) is 11.5 Å². The van der Waals surface area contributed by atoms with Gasteiger partial charge in [-0.1, -0.05) is 29.3 Å². The number of thioether (sulfide) groups is 1. The molecule has 1 aromatic carbocycles. The molecule has 0 amide bonds. The standard InChI is InChI=1S/C10H13Cl2NS/c1-7(13)5-14-6-8-2-3-9(11)10(12)4-8/h2-4,7H,5-6,13H2,1H3. The van der Waals surface area contributed by atoms with E-state index in [1.165, 1.54) is 5.56 Å². The van der Waals surface area contributed by atoms with Gasteiger partial charge in [0.05, 0.1) is 10.0 Å².